The minimum atomic E-state index is -0.143. The molecular weight excluding hydrogens is 212 g/mol. The molecule has 0 radical (unpaired) electrons. The standard InChI is InChI=1S/C14H22N2O/c1-11-5-7-12(8-6-11)16(4)13(17)9-14(2,3)10-15/h5-8H,9-10,15H2,1-4H3. The third kappa shape index (κ3) is 3.86. The Morgan fingerprint density at radius 2 is 1.82 bits per heavy atom. The lowest BCUT2D eigenvalue weighted by atomic mass is 9.89. The minimum absolute atomic E-state index is 0.101. The molecule has 3 nitrogen and oxygen atoms in total. The molecule has 3 heteroatoms. The Labute approximate surface area is 104 Å². The summed E-state index contributed by atoms with van der Waals surface area (Å²) in [6.07, 6.45) is 0.466. The van der Waals surface area contributed by atoms with Gasteiger partial charge in [0.15, 0.2) is 0 Å². The Balaban J connectivity index is 2.73. The molecule has 0 spiro atoms. The second kappa shape index (κ2) is 5.32. The van der Waals surface area contributed by atoms with Crippen LogP contribution in [-0.4, -0.2) is 19.5 Å². The minimum Gasteiger partial charge on any atom is -0.330 e. The lowest BCUT2D eigenvalue weighted by molar-refractivity contribution is -0.120. The van der Waals surface area contributed by atoms with Gasteiger partial charge in [-0.15, -0.1) is 0 Å². The van der Waals surface area contributed by atoms with Gasteiger partial charge in [-0.05, 0) is 31.0 Å². The van der Waals surface area contributed by atoms with E-state index in [-0.39, 0.29) is 11.3 Å². The molecule has 0 fully saturated rings. The van der Waals surface area contributed by atoms with Crippen LogP contribution in [0.25, 0.3) is 0 Å². The van der Waals surface area contributed by atoms with E-state index in [1.807, 2.05) is 45.0 Å². The quantitative estimate of drug-likeness (QED) is 0.869. The molecule has 0 aliphatic carbocycles. The number of anilines is 1. The summed E-state index contributed by atoms with van der Waals surface area (Å²) in [6, 6.07) is 7.94. The van der Waals surface area contributed by atoms with E-state index in [0.717, 1.165) is 5.69 Å². The van der Waals surface area contributed by atoms with Gasteiger partial charge in [0.05, 0.1) is 0 Å². The molecule has 0 atom stereocenters. The summed E-state index contributed by atoms with van der Waals surface area (Å²) >= 11 is 0. The Kier molecular flexibility index (Phi) is 4.29. The van der Waals surface area contributed by atoms with Crippen molar-refractivity contribution in [1.82, 2.24) is 0 Å². The third-order valence-electron chi connectivity index (χ3n) is 2.98. The topological polar surface area (TPSA) is 46.3 Å². The van der Waals surface area contributed by atoms with Crippen LogP contribution >= 0.6 is 0 Å². The van der Waals surface area contributed by atoms with Gasteiger partial charge in [-0.25, -0.2) is 0 Å². The summed E-state index contributed by atoms with van der Waals surface area (Å²) in [6.45, 7) is 6.56. The van der Waals surface area contributed by atoms with Gasteiger partial charge in [0, 0.05) is 19.2 Å². The zero-order valence-corrected chi connectivity index (χ0v) is 11.2. The van der Waals surface area contributed by atoms with E-state index in [1.165, 1.54) is 5.56 Å². The average Bonchev–Trinajstić information content (AvgIpc) is 2.28. The van der Waals surface area contributed by atoms with Crippen LogP contribution in [0, 0.1) is 12.3 Å². The fourth-order valence-corrected chi connectivity index (χ4v) is 1.51. The zero-order valence-electron chi connectivity index (χ0n) is 11.2. The molecule has 17 heavy (non-hydrogen) atoms. The van der Waals surface area contributed by atoms with Crippen molar-refractivity contribution in [3.05, 3.63) is 29.8 Å². The molecule has 1 aromatic rings. The van der Waals surface area contributed by atoms with Crippen LogP contribution < -0.4 is 10.6 Å². The monoisotopic (exact) mass is 234 g/mol. The summed E-state index contributed by atoms with van der Waals surface area (Å²) in [5, 5.41) is 0. The molecule has 0 saturated heterocycles. The first-order valence-electron chi connectivity index (χ1n) is 5.89. The van der Waals surface area contributed by atoms with E-state index in [2.05, 4.69) is 0 Å². The van der Waals surface area contributed by atoms with Crippen molar-refractivity contribution in [3.63, 3.8) is 0 Å². The van der Waals surface area contributed by atoms with Crippen molar-refractivity contribution in [1.29, 1.82) is 0 Å². The van der Waals surface area contributed by atoms with E-state index in [1.54, 1.807) is 11.9 Å². The Morgan fingerprint density at radius 1 is 1.29 bits per heavy atom. The van der Waals surface area contributed by atoms with Crippen molar-refractivity contribution in [2.24, 2.45) is 11.1 Å². The summed E-state index contributed by atoms with van der Waals surface area (Å²) < 4.78 is 0. The van der Waals surface area contributed by atoms with Crippen molar-refractivity contribution in [2.45, 2.75) is 27.2 Å². The number of rotatable bonds is 4. The van der Waals surface area contributed by atoms with Crippen LogP contribution in [0.3, 0.4) is 0 Å². The predicted octanol–water partition coefficient (Wildman–Crippen LogP) is 2.33. The zero-order chi connectivity index (χ0) is 13.1. The lowest BCUT2D eigenvalue weighted by Crippen LogP contribution is -2.34. The first-order valence-corrected chi connectivity index (χ1v) is 5.89. The van der Waals surface area contributed by atoms with Gasteiger partial charge >= 0.3 is 0 Å². The summed E-state index contributed by atoms with van der Waals surface area (Å²) in [4.78, 5) is 13.8. The highest BCUT2D eigenvalue weighted by Gasteiger charge is 2.22. The van der Waals surface area contributed by atoms with Gasteiger partial charge in [-0.2, -0.15) is 0 Å². The molecule has 0 aromatic heterocycles. The fourth-order valence-electron chi connectivity index (χ4n) is 1.51. The fraction of sp³-hybridized carbons (Fsp3) is 0.500. The number of hydrogen-bond donors (Lipinski definition) is 1. The normalized spacial score (nSPS) is 11.4. The molecule has 0 bridgehead atoms. The molecule has 0 heterocycles. The first kappa shape index (κ1) is 13.7. The molecule has 94 valence electrons. The maximum Gasteiger partial charge on any atom is 0.227 e. The van der Waals surface area contributed by atoms with Crippen LogP contribution in [0.15, 0.2) is 24.3 Å². The maximum absolute atomic E-state index is 12.1. The van der Waals surface area contributed by atoms with Crippen LogP contribution in [0.5, 0.6) is 0 Å². The van der Waals surface area contributed by atoms with Gasteiger partial charge < -0.3 is 10.6 Å². The largest absolute Gasteiger partial charge is 0.330 e. The Morgan fingerprint density at radius 3 is 2.29 bits per heavy atom. The second-order valence-electron chi connectivity index (χ2n) is 5.33. The highest BCUT2D eigenvalue weighted by atomic mass is 16.2. The second-order valence-corrected chi connectivity index (χ2v) is 5.33. The van der Waals surface area contributed by atoms with Gasteiger partial charge in [0.2, 0.25) is 5.91 Å². The smallest absolute Gasteiger partial charge is 0.227 e. The van der Waals surface area contributed by atoms with Crippen molar-refractivity contribution >= 4 is 11.6 Å². The molecule has 1 aromatic carbocycles. The van der Waals surface area contributed by atoms with Gasteiger partial charge in [-0.1, -0.05) is 31.5 Å². The highest BCUT2D eigenvalue weighted by molar-refractivity contribution is 5.93. The number of hydrogen-bond acceptors (Lipinski definition) is 2. The van der Waals surface area contributed by atoms with E-state index in [9.17, 15) is 4.79 Å². The van der Waals surface area contributed by atoms with Gasteiger partial charge in [0.1, 0.15) is 0 Å². The third-order valence-corrected chi connectivity index (χ3v) is 2.98. The Hall–Kier alpha value is -1.35. The molecule has 0 unspecified atom stereocenters. The van der Waals surface area contributed by atoms with Crippen molar-refractivity contribution < 1.29 is 4.79 Å². The van der Waals surface area contributed by atoms with Crippen molar-refractivity contribution in [3.8, 4) is 0 Å². The highest BCUT2D eigenvalue weighted by Crippen LogP contribution is 2.22. The van der Waals surface area contributed by atoms with Crippen LogP contribution in [-0.2, 0) is 4.79 Å². The average molecular weight is 234 g/mol. The molecule has 0 saturated carbocycles. The van der Waals surface area contributed by atoms with Gasteiger partial charge in [0.25, 0.3) is 0 Å². The molecule has 2 N–H and O–H groups in total. The first-order chi connectivity index (χ1) is 7.85. The predicted molar refractivity (Wildman–Crippen MR) is 72.0 cm³/mol. The number of carbonyl (C=O) groups excluding carboxylic acids is 1. The van der Waals surface area contributed by atoms with Crippen LogP contribution in [0.2, 0.25) is 0 Å². The number of carbonyl (C=O) groups is 1. The van der Waals surface area contributed by atoms with E-state index in [0.29, 0.717) is 13.0 Å². The van der Waals surface area contributed by atoms with E-state index < -0.39 is 0 Å². The number of aryl methyl sites for hydroxylation is 1. The molecule has 0 aliphatic rings. The molecule has 1 rings (SSSR count). The summed E-state index contributed by atoms with van der Waals surface area (Å²) in [5.41, 5.74) is 7.62. The number of nitrogens with two attached hydrogens (primary N) is 1. The SMILES string of the molecule is Cc1ccc(N(C)C(=O)CC(C)(C)CN)cc1. The maximum atomic E-state index is 12.1. The van der Waals surface area contributed by atoms with E-state index in [4.69, 9.17) is 5.73 Å². The number of nitrogens with zero attached hydrogens (tertiary/aromatic N) is 1. The van der Waals surface area contributed by atoms with Crippen molar-refractivity contribution in [2.75, 3.05) is 18.5 Å². The number of benzene rings is 1. The lowest BCUT2D eigenvalue weighted by Gasteiger charge is -2.25. The van der Waals surface area contributed by atoms with E-state index >= 15 is 0 Å². The molecule has 0 aliphatic heterocycles. The van der Waals surface area contributed by atoms with Crippen LogP contribution in [0.4, 0.5) is 5.69 Å². The molecule has 1 amide bonds. The number of amides is 1. The molecular formula is C14H22N2O. The Bertz CT molecular complexity index is 382. The summed E-state index contributed by atoms with van der Waals surface area (Å²) in [7, 11) is 1.81. The summed E-state index contributed by atoms with van der Waals surface area (Å²) in [5.74, 6) is 0.101. The van der Waals surface area contributed by atoms with Crippen LogP contribution in [0.1, 0.15) is 25.8 Å². The van der Waals surface area contributed by atoms with Gasteiger partial charge in [-0.3, -0.25) is 4.79 Å².